The van der Waals surface area contributed by atoms with Crippen molar-refractivity contribution in [1.82, 2.24) is 19.9 Å². The van der Waals surface area contributed by atoms with Crippen LogP contribution in [-0.4, -0.2) is 40.1 Å². The second-order valence-corrected chi connectivity index (χ2v) is 8.33. The van der Waals surface area contributed by atoms with Gasteiger partial charge in [-0.15, -0.1) is 11.3 Å². The van der Waals surface area contributed by atoms with Gasteiger partial charge in [0.05, 0.1) is 5.69 Å². The summed E-state index contributed by atoms with van der Waals surface area (Å²) in [6.07, 6.45) is 8.00. The lowest BCUT2D eigenvalue weighted by molar-refractivity contribution is 0.0949. The molecule has 1 amide bonds. The summed E-state index contributed by atoms with van der Waals surface area (Å²) >= 11 is 3.11. The molecule has 6 nitrogen and oxygen atoms in total. The summed E-state index contributed by atoms with van der Waals surface area (Å²) in [5, 5.41) is 7.03. The fourth-order valence-corrected chi connectivity index (χ4v) is 4.89. The molecule has 0 bridgehead atoms. The van der Waals surface area contributed by atoms with Crippen molar-refractivity contribution in [3.8, 4) is 5.13 Å². The van der Waals surface area contributed by atoms with Gasteiger partial charge in [0.15, 0.2) is 10.3 Å². The zero-order chi connectivity index (χ0) is 17.9. The Balaban J connectivity index is 1.37. The van der Waals surface area contributed by atoms with Crippen molar-refractivity contribution in [3.63, 3.8) is 0 Å². The van der Waals surface area contributed by atoms with E-state index in [0.717, 1.165) is 41.9 Å². The zero-order valence-corrected chi connectivity index (χ0v) is 16.2. The zero-order valence-electron chi connectivity index (χ0n) is 14.6. The van der Waals surface area contributed by atoms with E-state index < -0.39 is 0 Å². The number of piperidine rings is 1. The number of aryl methyl sites for hydroxylation is 1. The number of rotatable bonds is 5. The van der Waals surface area contributed by atoms with Crippen molar-refractivity contribution in [2.24, 2.45) is 5.92 Å². The lowest BCUT2D eigenvalue weighted by Gasteiger charge is -2.32. The minimum atomic E-state index is -0.0234. The average Bonchev–Trinajstić information content (AvgIpc) is 3.40. The average molecular weight is 388 g/mol. The summed E-state index contributed by atoms with van der Waals surface area (Å²) in [4.78, 5) is 24.6. The molecular weight excluding hydrogens is 366 g/mol. The van der Waals surface area contributed by atoms with Crippen LogP contribution in [0.25, 0.3) is 5.13 Å². The van der Waals surface area contributed by atoms with Gasteiger partial charge in [-0.1, -0.05) is 11.3 Å². The number of thiazole rings is 2. The predicted molar refractivity (Wildman–Crippen MR) is 106 cm³/mol. The molecule has 0 unspecified atom stereocenters. The molecule has 136 valence electrons. The van der Waals surface area contributed by atoms with Gasteiger partial charge in [-0.3, -0.25) is 4.79 Å². The van der Waals surface area contributed by atoms with E-state index in [1.54, 1.807) is 11.3 Å². The second-order valence-electron chi connectivity index (χ2n) is 6.48. The molecule has 1 aliphatic heterocycles. The minimum Gasteiger partial charge on any atom is -0.351 e. The Kier molecular flexibility index (Phi) is 5.03. The molecule has 0 radical (unpaired) electrons. The summed E-state index contributed by atoms with van der Waals surface area (Å²) in [5.41, 5.74) is 0.782. The molecule has 0 aromatic carbocycles. The molecular formula is C18H21N5OS2. The molecule has 1 fully saturated rings. The number of hydrogen-bond donors (Lipinski definition) is 1. The van der Waals surface area contributed by atoms with Crippen LogP contribution in [0.1, 0.15) is 28.2 Å². The van der Waals surface area contributed by atoms with Crippen molar-refractivity contribution >= 4 is 33.7 Å². The molecule has 3 aromatic heterocycles. The van der Waals surface area contributed by atoms with Crippen LogP contribution in [0.2, 0.25) is 0 Å². The highest BCUT2D eigenvalue weighted by Gasteiger charge is 2.23. The molecule has 26 heavy (non-hydrogen) atoms. The van der Waals surface area contributed by atoms with Crippen LogP contribution in [0.5, 0.6) is 0 Å². The summed E-state index contributed by atoms with van der Waals surface area (Å²) in [5.74, 6) is 0.429. The monoisotopic (exact) mass is 387 g/mol. The van der Waals surface area contributed by atoms with Gasteiger partial charge >= 0.3 is 0 Å². The maximum atomic E-state index is 12.6. The van der Waals surface area contributed by atoms with Crippen molar-refractivity contribution in [2.75, 3.05) is 24.5 Å². The van der Waals surface area contributed by atoms with Crippen molar-refractivity contribution in [2.45, 2.75) is 19.8 Å². The van der Waals surface area contributed by atoms with Crippen LogP contribution in [0.4, 0.5) is 5.13 Å². The highest BCUT2D eigenvalue weighted by Crippen LogP contribution is 2.25. The first-order chi connectivity index (χ1) is 12.7. The van der Waals surface area contributed by atoms with Crippen LogP contribution >= 0.6 is 22.7 Å². The molecule has 4 heterocycles. The first-order valence-corrected chi connectivity index (χ1v) is 10.4. The third kappa shape index (κ3) is 3.66. The van der Waals surface area contributed by atoms with Gasteiger partial charge in [0.25, 0.3) is 5.91 Å². The fourth-order valence-electron chi connectivity index (χ4n) is 3.26. The highest BCUT2D eigenvalue weighted by molar-refractivity contribution is 7.16. The number of nitrogens with zero attached hydrogens (tertiary/aromatic N) is 4. The standard InChI is InChI=1S/C18H21N5OS2/c1-13-15(26-18(21-13)22-7-2-3-8-22)16(24)20-11-14-5-4-9-23(12-14)17-19-6-10-25-17/h2-3,6-8,10,14H,4-5,9,11-12H2,1H3,(H,20,24)/t14-/m0/s1. The Hall–Kier alpha value is -2.19. The molecule has 1 saturated heterocycles. The van der Waals surface area contributed by atoms with Gasteiger partial charge in [0.1, 0.15) is 4.88 Å². The van der Waals surface area contributed by atoms with Gasteiger partial charge in [-0.05, 0) is 37.8 Å². The van der Waals surface area contributed by atoms with Crippen molar-refractivity contribution < 1.29 is 4.79 Å². The molecule has 1 atom stereocenters. The number of amides is 1. The van der Waals surface area contributed by atoms with E-state index in [1.807, 2.05) is 47.6 Å². The summed E-state index contributed by atoms with van der Waals surface area (Å²) in [7, 11) is 0. The van der Waals surface area contributed by atoms with Crippen LogP contribution in [-0.2, 0) is 0 Å². The molecule has 4 rings (SSSR count). The van der Waals surface area contributed by atoms with Crippen LogP contribution < -0.4 is 10.2 Å². The summed E-state index contributed by atoms with van der Waals surface area (Å²) in [6.45, 7) is 4.58. The predicted octanol–water partition coefficient (Wildman–Crippen LogP) is 3.35. The van der Waals surface area contributed by atoms with Crippen LogP contribution in [0.3, 0.4) is 0 Å². The van der Waals surface area contributed by atoms with E-state index in [4.69, 9.17) is 0 Å². The van der Waals surface area contributed by atoms with Gasteiger partial charge in [-0.25, -0.2) is 9.97 Å². The van der Waals surface area contributed by atoms with Crippen LogP contribution in [0.15, 0.2) is 36.1 Å². The summed E-state index contributed by atoms with van der Waals surface area (Å²) in [6, 6.07) is 3.90. The number of carbonyl (C=O) groups excluding carboxylic acids is 1. The van der Waals surface area contributed by atoms with E-state index >= 15 is 0 Å². The number of hydrogen-bond acceptors (Lipinski definition) is 6. The van der Waals surface area contributed by atoms with E-state index in [2.05, 4.69) is 20.2 Å². The number of anilines is 1. The van der Waals surface area contributed by atoms with Crippen molar-refractivity contribution in [3.05, 3.63) is 46.7 Å². The third-order valence-corrected chi connectivity index (χ3v) is 6.58. The largest absolute Gasteiger partial charge is 0.351 e. The van der Waals surface area contributed by atoms with E-state index in [0.29, 0.717) is 17.3 Å². The quantitative estimate of drug-likeness (QED) is 0.729. The Morgan fingerprint density at radius 1 is 1.35 bits per heavy atom. The molecule has 3 aromatic rings. The second kappa shape index (κ2) is 7.59. The van der Waals surface area contributed by atoms with Gasteiger partial charge < -0.3 is 14.8 Å². The van der Waals surface area contributed by atoms with E-state index in [9.17, 15) is 4.79 Å². The molecule has 1 aliphatic rings. The van der Waals surface area contributed by atoms with Crippen LogP contribution in [0, 0.1) is 12.8 Å². The Labute approximate surface area is 160 Å². The number of nitrogens with one attached hydrogen (secondary N) is 1. The Bertz CT molecular complexity index is 856. The normalized spacial score (nSPS) is 17.4. The minimum absolute atomic E-state index is 0.0234. The molecule has 0 aliphatic carbocycles. The highest BCUT2D eigenvalue weighted by atomic mass is 32.1. The first-order valence-electron chi connectivity index (χ1n) is 8.74. The number of aromatic nitrogens is 3. The van der Waals surface area contributed by atoms with Gasteiger partial charge in [0, 0.05) is 43.6 Å². The Morgan fingerprint density at radius 3 is 2.96 bits per heavy atom. The third-order valence-electron chi connectivity index (χ3n) is 4.58. The smallest absolute Gasteiger partial charge is 0.263 e. The van der Waals surface area contributed by atoms with Crippen molar-refractivity contribution in [1.29, 1.82) is 0 Å². The lowest BCUT2D eigenvalue weighted by atomic mass is 9.98. The van der Waals surface area contributed by atoms with E-state index in [-0.39, 0.29) is 5.91 Å². The Morgan fingerprint density at radius 2 is 2.19 bits per heavy atom. The molecule has 0 saturated carbocycles. The maximum absolute atomic E-state index is 12.6. The molecule has 1 N–H and O–H groups in total. The molecule has 8 heteroatoms. The lowest BCUT2D eigenvalue weighted by Crippen LogP contribution is -2.41. The topological polar surface area (TPSA) is 63.1 Å². The van der Waals surface area contributed by atoms with Gasteiger partial charge in [0.2, 0.25) is 0 Å². The van der Waals surface area contributed by atoms with Gasteiger partial charge in [-0.2, -0.15) is 0 Å². The SMILES string of the molecule is Cc1nc(-n2cccc2)sc1C(=O)NC[C@@H]1CCCN(c2nccs2)C1. The van der Waals surface area contributed by atoms with E-state index in [1.165, 1.54) is 11.3 Å². The maximum Gasteiger partial charge on any atom is 0.263 e. The fraction of sp³-hybridized carbons (Fsp3) is 0.389. The first kappa shape index (κ1) is 17.2. The summed E-state index contributed by atoms with van der Waals surface area (Å²) < 4.78 is 1.93. The number of carbonyl (C=O) groups is 1. The molecule has 0 spiro atoms.